The molecular formula is C8H10OSi. The van der Waals surface area contributed by atoms with Crippen LogP contribution in [-0.4, -0.2) is 14.6 Å². The first kappa shape index (κ1) is 7.35. The van der Waals surface area contributed by atoms with Crippen LogP contribution in [0.4, 0.5) is 0 Å². The van der Waals surface area contributed by atoms with Crippen LogP contribution in [0.1, 0.15) is 5.56 Å². The van der Waals surface area contributed by atoms with Crippen LogP contribution in [0, 0.1) is 0 Å². The summed E-state index contributed by atoms with van der Waals surface area (Å²) >= 11 is 0. The van der Waals surface area contributed by atoms with Crippen LogP contribution in [0.15, 0.2) is 24.3 Å². The summed E-state index contributed by atoms with van der Waals surface area (Å²) in [5.41, 5.74) is 1.06. The number of hydrogen-bond donors (Lipinski definition) is 1. The van der Waals surface area contributed by atoms with E-state index in [-0.39, 0.29) is 0 Å². The third kappa shape index (κ3) is 1.61. The van der Waals surface area contributed by atoms with E-state index in [1.165, 1.54) is 0 Å². The van der Waals surface area contributed by atoms with Gasteiger partial charge in [-0.05, 0) is 17.7 Å². The summed E-state index contributed by atoms with van der Waals surface area (Å²) in [6, 6.07) is 8.49. The Labute approximate surface area is 63.5 Å². The van der Waals surface area contributed by atoms with Gasteiger partial charge in [0.15, 0.2) is 0 Å². The van der Waals surface area contributed by atoms with Crippen molar-refractivity contribution < 1.29 is 5.11 Å². The van der Waals surface area contributed by atoms with Gasteiger partial charge in [0.25, 0.3) is 0 Å². The van der Waals surface area contributed by atoms with Gasteiger partial charge in [0.05, 0.1) is 0 Å². The largest absolute Gasteiger partial charge is 0.508 e. The van der Waals surface area contributed by atoms with Gasteiger partial charge in [0.2, 0.25) is 0 Å². The molecular weight excluding hydrogens is 140 g/mol. The Bertz CT molecular complexity index is 210. The number of para-hydroxylation sites is 1. The third-order valence-electron chi connectivity index (χ3n) is 1.36. The van der Waals surface area contributed by atoms with Crippen molar-refractivity contribution in [2.75, 3.05) is 0 Å². The molecule has 52 valence electrons. The molecule has 0 spiro atoms. The summed E-state index contributed by atoms with van der Waals surface area (Å²) in [5, 5.41) is 9.25. The second-order valence-corrected chi connectivity index (χ2v) is 3.22. The van der Waals surface area contributed by atoms with Crippen LogP contribution >= 0.6 is 0 Å². The molecule has 0 amide bonds. The van der Waals surface area contributed by atoms with E-state index in [1.807, 2.05) is 18.2 Å². The summed E-state index contributed by atoms with van der Waals surface area (Å²) in [6.45, 7) is 2.13. The van der Waals surface area contributed by atoms with Crippen molar-refractivity contribution in [3.8, 4) is 5.75 Å². The molecule has 1 rings (SSSR count). The van der Waals surface area contributed by atoms with E-state index in [9.17, 15) is 5.11 Å². The number of phenolic OH excluding ortho intramolecular Hbond substituents is 1. The molecule has 1 aromatic rings. The maximum absolute atomic E-state index is 9.25. The lowest BCUT2D eigenvalue weighted by Crippen LogP contribution is -1.90. The summed E-state index contributed by atoms with van der Waals surface area (Å²) < 4.78 is 0. The lowest BCUT2D eigenvalue weighted by atomic mass is 10.2. The van der Waals surface area contributed by atoms with Crippen molar-refractivity contribution >= 4 is 9.52 Å². The van der Waals surface area contributed by atoms with Gasteiger partial charge in [0.1, 0.15) is 5.75 Å². The lowest BCUT2D eigenvalue weighted by molar-refractivity contribution is 0.470. The molecule has 0 aromatic heterocycles. The van der Waals surface area contributed by atoms with Gasteiger partial charge in [0, 0.05) is 9.52 Å². The molecule has 10 heavy (non-hydrogen) atoms. The van der Waals surface area contributed by atoms with Gasteiger partial charge in [-0.2, -0.15) is 0 Å². The summed E-state index contributed by atoms with van der Waals surface area (Å²) in [7, 11) is 0.872. The van der Waals surface area contributed by atoms with E-state index < -0.39 is 0 Å². The minimum atomic E-state index is 0.428. The topological polar surface area (TPSA) is 20.2 Å². The maximum atomic E-state index is 9.25. The van der Waals surface area contributed by atoms with Crippen LogP contribution < -0.4 is 0 Å². The van der Waals surface area contributed by atoms with Gasteiger partial charge < -0.3 is 5.11 Å². The fourth-order valence-electron chi connectivity index (χ4n) is 0.851. The Balaban J connectivity index is 2.81. The van der Waals surface area contributed by atoms with E-state index >= 15 is 0 Å². The molecule has 0 bridgehead atoms. The highest BCUT2D eigenvalue weighted by Gasteiger charge is 1.95. The van der Waals surface area contributed by atoms with Crippen LogP contribution in [0.25, 0.3) is 0 Å². The molecule has 0 aliphatic rings. The van der Waals surface area contributed by atoms with Gasteiger partial charge in [-0.15, -0.1) is 0 Å². The number of phenols is 1. The molecule has 0 heterocycles. The van der Waals surface area contributed by atoms with Crippen molar-refractivity contribution in [3.63, 3.8) is 0 Å². The van der Waals surface area contributed by atoms with Crippen LogP contribution in [0.5, 0.6) is 5.75 Å². The van der Waals surface area contributed by atoms with E-state index in [0.717, 1.165) is 21.1 Å². The molecule has 1 N–H and O–H groups in total. The van der Waals surface area contributed by atoms with Crippen molar-refractivity contribution in [3.05, 3.63) is 29.8 Å². The normalized spacial score (nSPS) is 9.70. The highest BCUT2D eigenvalue weighted by molar-refractivity contribution is 6.33. The van der Waals surface area contributed by atoms with E-state index in [2.05, 4.69) is 6.55 Å². The number of aromatic hydroxyl groups is 1. The van der Waals surface area contributed by atoms with Gasteiger partial charge in [-0.1, -0.05) is 24.7 Å². The average molecular weight is 150 g/mol. The van der Waals surface area contributed by atoms with Gasteiger partial charge in [-0.25, -0.2) is 0 Å². The fourth-order valence-corrected chi connectivity index (χ4v) is 1.53. The minimum Gasteiger partial charge on any atom is -0.508 e. The minimum absolute atomic E-state index is 0.428. The van der Waals surface area contributed by atoms with Gasteiger partial charge >= 0.3 is 0 Å². The van der Waals surface area contributed by atoms with Crippen LogP contribution in [0.3, 0.4) is 0 Å². The molecule has 0 saturated carbocycles. The van der Waals surface area contributed by atoms with E-state index in [1.54, 1.807) is 6.07 Å². The number of hydrogen-bond acceptors (Lipinski definition) is 1. The van der Waals surface area contributed by atoms with Crippen LogP contribution in [-0.2, 0) is 6.04 Å². The van der Waals surface area contributed by atoms with E-state index in [0.29, 0.717) is 5.75 Å². The quantitative estimate of drug-likeness (QED) is 0.635. The maximum Gasteiger partial charge on any atom is 0.118 e. The zero-order valence-electron chi connectivity index (χ0n) is 5.96. The first-order valence-electron chi connectivity index (χ1n) is 3.26. The fraction of sp³-hybridized carbons (Fsp3) is 0.250. The Morgan fingerprint density at radius 3 is 2.70 bits per heavy atom. The second-order valence-electron chi connectivity index (χ2n) is 2.16. The van der Waals surface area contributed by atoms with Crippen molar-refractivity contribution in [2.45, 2.75) is 12.6 Å². The predicted molar refractivity (Wildman–Crippen MR) is 43.4 cm³/mol. The smallest absolute Gasteiger partial charge is 0.118 e. The summed E-state index contributed by atoms with van der Waals surface area (Å²) in [4.78, 5) is 0. The average Bonchev–Trinajstić information content (AvgIpc) is 1.94. The molecule has 0 unspecified atom stereocenters. The summed E-state index contributed by atoms with van der Waals surface area (Å²) in [6.07, 6.45) is 0. The molecule has 0 aliphatic carbocycles. The Morgan fingerprint density at radius 2 is 2.10 bits per heavy atom. The Morgan fingerprint density at radius 1 is 1.40 bits per heavy atom. The lowest BCUT2D eigenvalue weighted by Gasteiger charge is -1.99. The van der Waals surface area contributed by atoms with Crippen molar-refractivity contribution in [1.82, 2.24) is 0 Å². The molecule has 0 atom stereocenters. The third-order valence-corrected chi connectivity index (χ3v) is 2.09. The number of rotatable bonds is 2. The highest BCUT2D eigenvalue weighted by Crippen LogP contribution is 2.14. The molecule has 1 nitrogen and oxygen atoms in total. The van der Waals surface area contributed by atoms with Crippen LogP contribution in [0.2, 0.25) is 6.55 Å². The monoisotopic (exact) mass is 150 g/mol. The zero-order valence-corrected chi connectivity index (χ0v) is 6.96. The number of benzene rings is 1. The predicted octanol–water partition coefficient (Wildman–Crippen LogP) is 1.64. The zero-order chi connectivity index (χ0) is 7.40. The Hall–Kier alpha value is -0.763. The molecule has 0 fully saturated rings. The molecule has 1 aromatic carbocycles. The van der Waals surface area contributed by atoms with Gasteiger partial charge in [-0.3, -0.25) is 0 Å². The standard InChI is InChI=1S/C8H10OSi/c1-10-6-7-4-2-3-5-8(7)9/h2-5,9H,6H2,1H3. The highest BCUT2D eigenvalue weighted by atomic mass is 28.2. The van der Waals surface area contributed by atoms with Crippen molar-refractivity contribution in [1.29, 1.82) is 0 Å². The molecule has 2 heteroatoms. The summed E-state index contributed by atoms with van der Waals surface area (Å²) in [5.74, 6) is 0.428. The van der Waals surface area contributed by atoms with Crippen molar-refractivity contribution in [2.24, 2.45) is 0 Å². The molecule has 2 radical (unpaired) electrons. The second kappa shape index (κ2) is 3.42. The first-order valence-corrected chi connectivity index (χ1v) is 4.97. The first-order chi connectivity index (χ1) is 4.84. The van der Waals surface area contributed by atoms with E-state index in [4.69, 9.17) is 0 Å². The Kier molecular flexibility index (Phi) is 2.51. The molecule has 0 saturated heterocycles. The SMILES string of the molecule is C[Si]Cc1ccccc1O. The molecule has 0 aliphatic heterocycles.